The summed E-state index contributed by atoms with van der Waals surface area (Å²) in [5.41, 5.74) is 0.889. The molecule has 2 aromatic carbocycles. The molecule has 2 aromatic rings. The molecule has 0 N–H and O–H groups in total. The molecule has 0 bridgehead atoms. The first kappa shape index (κ1) is 22.1. The molecule has 1 aliphatic carbocycles. The van der Waals surface area contributed by atoms with Crippen molar-refractivity contribution < 1.29 is 22.3 Å². The number of nitrogens with zero attached hydrogens (tertiary/aromatic N) is 3. The van der Waals surface area contributed by atoms with Crippen LogP contribution in [0.1, 0.15) is 28.8 Å². The smallest absolute Gasteiger partial charge is 0.257 e. The Labute approximate surface area is 186 Å². The maximum Gasteiger partial charge on any atom is 0.257 e. The van der Waals surface area contributed by atoms with Crippen LogP contribution in [-0.4, -0.2) is 58.3 Å². The van der Waals surface area contributed by atoms with Crippen molar-refractivity contribution in [2.45, 2.75) is 17.7 Å². The molecule has 2 aliphatic rings. The zero-order valence-corrected chi connectivity index (χ0v) is 18.6. The summed E-state index contributed by atoms with van der Waals surface area (Å²) >= 11 is 0. The van der Waals surface area contributed by atoms with Gasteiger partial charge in [-0.15, -0.1) is 0 Å². The fraction of sp³-hybridized carbons (Fsp3) is 0.391. The van der Waals surface area contributed by atoms with Crippen molar-refractivity contribution in [3.63, 3.8) is 0 Å². The van der Waals surface area contributed by atoms with Crippen molar-refractivity contribution >= 4 is 21.4 Å². The van der Waals surface area contributed by atoms with E-state index in [2.05, 4.69) is 0 Å². The molecule has 0 atom stereocenters. The molecule has 1 aliphatic heterocycles. The van der Waals surface area contributed by atoms with Crippen LogP contribution in [0.2, 0.25) is 0 Å². The average Bonchev–Trinajstić information content (AvgIpc) is 3.61. The minimum Gasteiger partial charge on any atom is -0.492 e. The van der Waals surface area contributed by atoms with E-state index in [1.807, 2.05) is 4.90 Å². The maximum atomic E-state index is 14.0. The molecule has 1 amide bonds. The third-order valence-corrected chi connectivity index (χ3v) is 6.90. The fourth-order valence-corrected chi connectivity index (χ4v) is 4.30. The van der Waals surface area contributed by atoms with Gasteiger partial charge in [0.1, 0.15) is 17.6 Å². The van der Waals surface area contributed by atoms with Gasteiger partial charge in [0, 0.05) is 38.1 Å². The summed E-state index contributed by atoms with van der Waals surface area (Å²) in [6, 6.07) is 10.7. The molecule has 32 heavy (non-hydrogen) atoms. The zero-order valence-electron chi connectivity index (χ0n) is 17.8. The van der Waals surface area contributed by atoms with Crippen LogP contribution in [0.3, 0.4) is 0 Å². The number of piperazine rings is 1. The summed E-state index contributed by atoms with van der Waals surface area (Å²) in [4.78, 5) is 17.0. The second kappa shape index (κ2) is 8.79. The molecule has 0 spiro atoms. The highest BCUT2D eigenvalue weighted by Gasteiger charge is 2.28. The Bertz CT molecular complexity index is 1180. The standard InChI is InChI=1S/C23H24FN3O4S/c1-32(29,30)19-6-7-22(31-15-16-2-3-16)20(13-19)23(28)27-10-8-26(9-11-27)18-5-4-17(14-25)21(24)12-18/h4-7,12-13,16H,2-3,8-11,15H2,1H3. The molecule has 168 valence electrons. The van der Waals surface area contributed by atoms with Crippen molar-refractivity contribution in [2.24, 2.45) is 5.92 Å². The Morgan fingerprint density at radius 1 is 1.16 bits per heavy atom. The first-order valence-electron chi connectivity index (χ1n) is 10.5. The Hall–Kier alpha value is -3.12. The van der Waals surface area contributed by atoms with Crippen LogP contribution in [0.5, 0.6) is 5.75 Å². The minimum absolute atomic E-state index is 0.00736. The highest BCUT2D eigenvalue weighted by molar-refractivity contribution is 7.90. The van der Waals surface area contributed by atoms with Crippen molar-refractivity contribution in [1.82, 2.24) is 4.90 Å². The third-order valence-electron chi connectivity index (χ3n) is 5.79. The van der Waals surface area contributed by atoms with Crippen LogP contribution in [0.4, 0.5) is 10.1 Å². The lowest BCUT2D eigenvalue weighted by atomic mass is 10.1. The monoisotopic (exact) mass is 457 g/mol. The van der Waals surface area contributed by atoms with E-state index in [-0.39, 0.29) is 21.9 Å². The molecule has 0 aromatic heterocycles. The number of carbonyl (C=O) groups excluding carboxylic acids is 1. The van der Waals surface area contributed by atoms with E-state index in [0.717, 1.165) is 19.1 Å². The predicted octanol–water partition coefficient (Wildman–Crippen LogP) is 2.85. The number of hydrogen-bond donors (Lipinski definition) is 0. The van der Waals surface area contributed by atoms with Crippen LogP contribution in [0, 0.1) is 23.1 Å². The van der Waals surface area contributed by atoms with E-state index in [1.54, 1.807) is 23.1 Å². The molecule has 7 nitrogen and oxygen atoms in total. The average molecular weight is 458 g/mol. The number of nitriles is 1. The Balaban J connectivity index is 1.50. The highest BCUT2D eigenvalue weighted by atomic mass is 32.2. The van der Waals surface area contributed by atoms with Crippen LogP contribution in [0.25, 0.3) is 0 Å². The lowest BCUT2D eigenvalue weighted by Crippen LogP contribution is -2.49. The maximum absolute atomic E-state index is 14.0. The molecule has 1 saturated heterocycles. The van der Waals surface area contributed by atoms with Crippen LogP contribution in [0.15, 0.2) is 41.3 Å². The van der Waals surface area contributed by atoms with Gasteiger partial charge in [-0.3, -0.25) is 4.79 Å². The summed E-state index contributed by atoms with van der Waals surface area (Å²) in [7, 11) is -3.47. The third kappa shape index (κ3) is 4.86. The summed E-state index contributed by atoms with van der Waals surface area (Å²) in [5.74, 6) is 0.0281. The van der Waals surface area contributed by atoms with E-state index in [4.69, 9.17) is 10.00 Å². The van der Waals surface area contributed by atoms with Gasteiger partial charge in [-0.05, 0) is 55.2 Å². The summed E-state index contributed by atoms with van der Waals surface area (Å²) < 4.78 is 43.9. The van der Waals surface area contributed by atoms with Gasteiger partial charge < -0.3 is 14.5 Å². The largest absolute Gasteiger partial charge is 0.492 e. The van der Waals surface area contributed by atoms with E-state index in [0.29, 0.717) is 50.1 Å². The number of hydrogen-bond acceptors (Lipinski definition) is 6. The lowest BCUT2D eigenvalue weighted by molar-refractivity contribution is 0.0741. The lowest BCUT2D eigenvalue weighted by Gasteiger charge is -2.36. The molecular formula is C23H24FN3O4S. The number of sulfone groups is 1. The SMILES string of the molecule is CS(=O)(=O)c1ccc(OCC2CC2)c(C(=O)N2CCN(c3ccc(C#N)c(F)c3)CC2)c1. The number of rotatable bonds is 6. The van der Waals surface area contributed by atoms with Crippen molar-refractivity contribution in [3.8, 4) is 11.8 Å². The Kier molecular flexibility index (Phi) is 6.07. The molecule has 0 radical (unpaired) electrons. The van der Waals surface area contributed by atoms with E-state index in [1.165, 1.54) is 24.3 Å². The Morgan fingerprint density at radius 2 is 1.88 bits per heavy atom. The van der Waals surface area contributed by atoms with Gasteiger partial charge in [0.2, 0.25) is 0 Å². The van der Waals surface area contributed by atoms with Crippen LogP contribution < -0.4 is 9.64 Å². The van der Waals surface area contributed by atoms with Gasteiger partial charge in [0.05, 0.1) is 22.6 Å². The van der Waals surface area contributed by atoms with E-state index in [9.17, 15) is 17.6 Å². The molecule has 2 fully saturated rings. The number of benzene rings is 2. The molecule has 4 rings (SSSR count). The summed E-state index contributed by atoms with van der Waals surface area (Å²) in [6.45, 7) is 2.27. The number of amides is 1. The van der Waals surface area contributed by atoms with Gasteiger partial charge in [0.15, 0.2) is 9.84 Å². The summed E-state index contributed by atoms with van der Waals surface area (Å²) in [6.07, 6.45) is 3.31. The number of ether oxygens (including phenoxy) is 1. The van der Waals surface area contributed by atoms with E-state index < -0.39 is 15.7 Å². The van der Waals surface area contributed by atoms with Crippen molar-refractivity contribution in [2.75, 3.05) is 43.9 Å². The summed E-state index contributed by atoms with van der Waals surface area (Å²) in [5, 5.41) is 8.89. The van der Waals surface area contributed by atoms with E-state index >= 15 is 0 Å². The number of anilines is 1. The van der Waals surface area contributed by atoms with Gasteiger partial charge >= 0.3 is 0 Å². The van der Waals surface area contributed by atoms with Gasteiger partial charge in [-0.1, -0.05) is 0 Å². The molecule has 1 saturated carbocycles. The minimum atomic E-state index is -3.47. The normalized spacial score (nSPS) is 16.5. The van der Waals surface area contributed by atoms with Crippen molar-refractivity contribution in [1.29, 1.82) is 5.26 Å². The quantitative estimate of drug-likeness (QED) is 0.663. The predicted molar refractivity (Wildman–Crippen MR) is 117 cm³/mol. The first-order valence-corrected chi connectivity index (χ1v) is 12.4. The van der Waals surface area contributed by atoms with Crippen molar-refractivity contribution in [3.05, 3.63) is 53.3 Å². The van der Waals surface area contributed by atoms with Crippen LogP contribution in [-0.2, 0) is 9.84 Å². The second-order valence-corrected chi connectivity index (χ2v) is 10.3. The fourth-order valence-electron chi connectivity index (χ4n) is 3.65. The van der Waals surface area contributed by atoms with Crippen LogP contribution >= 0.6 is 0 Å². The highest BCUT2D eigenvalue weighted by Crippen LogP contribution is 2.32. The molecule has 1 heterocycles. The number of carbonyl (C=O) groups is 1. The molecule has 9 heteroatoms. The van der Waals surface area contributed by atoms with Gasteiger partial charge in [-0.25, -0.2) is 12.8 Å². The van der Waals surface area contributed by atoms with Gasteiger partial charge in [-0.2, -0.15) is 5.26 Å². The topological polar surface area (TPSA) is 90.7 Å². The Morgan fingerprint density at radius 3 is 2.47 bits per heavy atom. The second-order valence-electron chi connectivity index (χ2n) is 8.24. The van der Waals surface area contributed by atoms with Gasteiger partial charge in [0.25, 0.3) is 5.91 Å². The first-order chi connectivity index (χ1) is 15.3. The molecule has 0 unspecified atom stereocenters. The molecular weight excluding hydrogens is 433 g/mol. The number of halogens is 1. The zero-order chi connectivity index (χ0) is 22.9.